The standard InChI is InChI=1S/C15H20N2O4/c1-3-12(9-21-2)16-15(20)17-7-6-10-4-5-11(14(18)19)8-13(10)17/h4-5,8,12H,3,6-7,9H2,1-2H3,(H,16,20)(H,18,19). The van der Waals surface area contributed by atoms with Gasteiger partial charge in [-0.2, -0.15) is 0 Å². The van der Waals surface area contributed by atoms with E-state index in [1.807, 2.05) is 6.92 Å². The molecule has 1 aliphatic heterocycles. The Kier molecular flexibility index (Phi) is 4.80. The lowest BCUT2D eigenvalue weighted by molar-refractivity contribution is 0.0697. The molecule has 0 spiro atoms. The largest absolute Gasteiger partial charge is 0.478 e. The molecule has 0 aliphatic carbocycles. The number of aromatic carboxylic acids is 1. The van der Waals surface area contributed by atoms with Gasteiger partial charge in [-0.05, 0) is 30.5 Å². The lowest BCUT2D eigenvalue weighted by Gasteiger charge is -2.22. The normalized spacial score (nSPS) is 14.7. The highest BCUT2D eigenvalue weighted by molar-refractivity contribution is 5.97. The molecule has 1 aromatic carbocycles. The minimum Gasteiger partial charge on any atom is -0.478 e. The van der Waals surface area contributed by atoms with Crippen LogP contribution in [0.1, 0.15) is 29.3 Å². The average molecular weight is 292 g/mol. The number of urea groups is 1. The quantitative estimate of drug-likeness (QED) is 0.868. The molecule has 1 aromatic rings. The highest BCUT2D eigenvalue weighted by Crippen LogP contribution is 2.29. The van der Waals surface area contributed by atoms with E-state index in [0.717, 1.165) is 18.4 Å². The fourth-order valence-electron chi connectivity index (χ4n) is 2.44. The van der Waals surface area contributed by atoms with Crippen molar-refractivity contribution in [2.45, 2.75) is 25.8 Å². The maximum Gasteiger partial charge on any atom is 0.335 e. The van der Waals surface area contributed by atoms with Crippen molar-refractivity contribution in [3.05, 3.63) is 29.3 Å². The van der Waals surface area contributed by atoms with Gasteiger partial charge in [0.15, 0.2) is 0 Å². The van der Waals surface area contributed by atoms with Crippen molar-refractivity contribution in [3.8, 4) is 0 Å². The number of nitrogens with zero attached hydrogens (tertiary/aromatic N) is 1. The molecular weight excluding hydrogens is 272 g/mol. The van der Waals surface area contributed by atoms with Crippen LogP contribution in [0.5, 0.6) is 0 Å². The SMILES string of the molecule is CCC(COC)NC(=O)N1CCc2ccc(C(=O)O)cc21. The van der Waals surface area contributed by atoms with E-state index in [9.17, 15) is 9.59 Å². The van der Waals surface area contributed by atoms with Crippen molar-refractivity contribution >= 4 is 17.7 Å². The summed E-state index contributed by atoms with van der Waals surface area (Å²) in [6.07, 6.45) is 1.51. The summed E-state index contributed by atoms with van der Waals surface area (Å²) in [6.45, 7) is 3.00. The van der Waals surface area contributed by atoms with E-state index < -0.39 is 5.97 Å². The fraction of sp³-hybridized carbons (Fsp3) is 0.467. The Morgan fingerprint density at radius 1 is 1.48 bits per heavy atom. The first kappa shape index (κ1) is 15.3. The van der Waals surface area contributed by atoms with Crippen LogP contribution in [0.25, 0.3) is 0 Å². The highest BCUT2D eigenvalue weighted by atomic mass is 16.5. The maximum atomic E-state index is 12.3. The number of ether oxygens (including phenoxy) is 1. The summed E-state index contributed by atoms with van der Waals surface area (Å²) < 4.78 is 5.07. The predicted molar refractivity (Wildman–Crippen MR) is 78.9 cm³/mol. The van der Waals surface area contributed by atoms with Crippen molar-refractivity contribution in [1.29, 1.82) is 0 Å². The summed E-state index contributed by atoms with van der Waals surface area (Å²) in [4.78, 5) is 25.0. The Morgan fingerprint density at radius 3 is 2.86 bits per heavy atom. The second-order valence-electron chi connectivity index (χ2n) is 5.06. The predicted octanol–water partition coefficient (Wildman–Crippen LogP) is 1.88. The van der Waals surface area contributed by atoms with Crippen molar-refractivity contribution in [2.75, 3.05) is 25.2 Å². The van der Waals surface area contributed by atoms with Gasteiger partial charge in [-0.3, -0.25) is 4.90 Å². The summed E-state index contributed by atoms with van der Waals surface area (Å²) >= 11 is 0. The molecule has 2 N–H and O–H groups in total. The highest BCUT2D eigenvalue weighted by Gasteiger charge is 2.26. The van der Waals surface area contributed by atoms with Gasteiger partial charge in [0.25, 0.3) is 0 Å². The Morgan fingerprint density at radius 2 is 2.24 bits per heavy atom. The van der Waals surface area contributed by atoms with E-state index in [-0.39, 0.29) is 17.6 Å². The molecule has 0 aromatic heterocycles. The summed E-state index contributed by atoms with van der Waals surface area (Å²) in [5.74, 6) is -0.990. The van der Waals surface area contributed by atoms with Gasteiger partial charge >= 0.3 is 12.0 Å². The Bertz CT molecular complexity index is 544. The number of benzene rings is 1. The molecule has 0 fully saturated rings. The number of amides is 2. The van der Waals surface area contributed by atoms with Crippen LogP contribution in [0.2, 0.25) is 0 Å². The third-order valence-electron chi connectivity index (χ3n) is 3.66. The number of methoxy groups -OCH3 is 1. The fourth-order valence-corrected chi connectivity index (χ4v) is 2.44. The molecule has 6 heteroatoms. The van der Waals surface area contributed by atoms with Gasteiger partial charge in [0, 0.05) is 19.3 Å². The van der Waals surface area contributed by atoms with Gasteiger partial charge in [-0.25, -0.2) is 9.59 Å². The molecule has 0 saturated heterocycles. The number of rotatable bonds is 5. The van der Waals surface area contributed by atoms with Crippen LogP contribution in [-0.2, 0) is 11.2 Å². The van der Waals surface area contributed by atoms with Gasteiger partial charge in [-0.15, -0.1) is 0 Å². The first-order chi connectivity index (χ1) is 10.1. The molecule has 6 nitrogen and oxygen atoms in total. The topological polar surface area (TPSA) is 78.9 Å². The molecule has 1 aliphatic rings. The van der Waals surface area contributed by atoms with E-state index in [4.69, 9.17) is 9.84 Å². The number of carboxylic acid groups (broad SMARTS) is 1. The molecule has 1 atom stereocenters. The first-order valence-corrected chi connectivity index (χ1v) is 7.00. The van der Waals surface area contributed by atoms with Crippen molar-refractivity contribution in [3.63, 3.8) is 0 Å². The van der Waals surface area contributed by atoms with Crippen LogP contribution >= 0.6 is 0 Å². The van der Waals surface area contributed by atoms with Crippen LogP contribution in [0.3, 0.4) is 0 Å². The Labute approximate surface area is 123 Å². The zero-order valence-electron chi connectivity index (χ0n) is 12.3. The van der Waals surface area contributed by atoms with Crippen LogP contribution in [0.15, 0.2) is 18.2 Å². The minimum atomic E-state index is -0.990. The number of nitrogens with one attached hydrogen (secondary N) is 1. The maximum absolute atomic E-state index is 12.3. The summed E-state index contributed by atoms with van der Waals surface area (Å²) in [5, 5.41) is 12.0. The summed E-state index contributed by atoms with van der Waals surface area (Å²) in [5.41, 5.74) is 1.87. The van der Waals surface area contributed by atoms with E-state index in [1.165, 1.54) is 0 Å². The van der Waals surface area contributed by atoms with Gasteiger partial charge < -0.3 is 15.2 Å². The second-order valence-corrected chi connectivity index (χ2v) is 5.06. The number of carboxylic acids is 1. The van der Waals surface area contributed by atoms with Gasteiger partial charge in [0.05, 0.1) is 18.2 Å². The monoisotopic (exact) mass is 292 g/mol. The van der Waals surface area contributed by atoms with Gasteiger partial charge in [0.1, 0.15) is 0 Å². The average Bonchev–Trinajstić information content (AvgIpc) is 2.89. The number of fused-ring (bicyclic) bond motifs is 1. The third kappa shape index (κ3) is 3.33. The van der Waals surface area contributed by atoms with Crippen molar-refractivity contribution < 1.29 is 19.4 Å². The van der Waals surface area contributed by atoms with Gasteiger partial charge in [-0.1, -0.05) is 13.0 Å². The summed E-state index contributed by atoms with van der Waals surface area (Å²) in [6, 6.07) is 4.65. The zero-order chi connectivity index (χ0) is 15.4. The zero-order valence-corrected chi connectivity index (χ0v) is 12.3. The van der Waals surface area contributed by atoms with Crippen LogP contribution in [0, 0.1) is 0 Å². The molecule has 0 saturated carbocycles. The van der Waals surface area contributed by atoms with E-state index in [2.05, 4.69) is 5.32 Å². The lowest BCUT2D eigenvalue weighted by Crippen LogP contribution is -2.45. The molecular formula is C15H20N2O4. The number of carbonyl (C=O) groups excluding carboxylic acids is 1. The van der Waals surface area contributed by atoms with Crippen molar-refractivity contribution in [2.24, 2.45) is 0 Å². The van der Waals surface area contributed by atoms with Crippen LogP contribution < -0.4 is 10.2 Å². The molecule has 0 bridgehead atoms. The molecule has 0 radical (unpaired) electrons. The second kappa shape index (κ2) is 6.58. The van der Waals surface area contributed by atoms with E-state index in [0.29, 0.717) is 18.8 Å². The molecule has 1 unspecified atom stereocenters. The van der Waals surface area contributed by atoms with Crippen LogP contribution in [0.4, 0.5) is 10.5 Å². The molecule has 21 heavy (non-hydrogen) atoms. The number of hydrogen-bond donors (Lipinski definition) is 2. The smallest absolute Gasteiger partial charge is 0.335 e. The Balaban J connectivity index is 2.15. The van der Waals surface area contributed by atoms with Crippen molar-refractivity contribution in [1.82, 2.24) is 5.32 Å². The molecule has 114 valence electrons. The van der Waals surface area contributed by atoms with Crippen LogP contribution in [-0.4, -0.2) is 43.4 Å². The number of anilines is 1. The number of carbonyl (C=O) groups is 2. The third-order valence-corrected chi connectivity index (χ3v) is 3.66. The number of hydrogen-bond acceptors (Lipinski definition) is 3. The summed E-state index contributed by atoms with van der Waals surface area (Å²) in [7, 11) is 1.60. The molecule has 2 rings (SSSR count). The van der Waals surface area contributed by atoms with E-state index in [1.54, 1.807) is 30.2 Å². The minimum absolute atomic E-state index is 0.0470. The van der Waals surface area contributed by atoms with Gasteiger partial charge in [0.2, 0.25) is 0 Å². The lowest BCUT2D eigenvalue weighted by atomic mass is 10.1. The molecule has 2 amide bonds. The van der Waals surface area contributed by atoms with E-state index >= 15 is 0 Å². The Hall–Kier alpha value is -2.08. The first-order valence-electron chi connectivity index (χ1n) is 7.00. The molecule has 1 heterocycles.